The number of rotatable bonds is 6. The summed E-state index contributed by atoms with van der Waals surface area (Å²) in [6, 6.07) is 13.5. The van der Waals surface area contributed by atoms with Crippen LogP contribution in [-0.2, 0) is 10.0 Å². The molecule has 1 saturated heterocycles. The average molecular weight is 482 g/mol. The Morgan fingerprint density at radius 3 is 2.21 bits per heavy atom. The van der Waals surface area contributed by atoms with E-state index in [1.54, 1.807) is 30.5 Å². The molecule has 8 nitrogen and oxygen atoms in total. The third-order valence-corrected chi connectivity index (χ3v) is 8.06. The Labute approximate surface area is 201 Å². The highest BCUT2D eigenvalue weighted by atomic mass is 32.2. The zero-order valence-electron chi connectivity index (χ0n) is 20.3. The highest BCUT2D eigenvalue weighted by molar-refractivity contribution is 7.89. The summed E-state index contributed by atoms with van der Waals surface area (Å²) < 4.78 is 33.6. The minimum atomic E-state index is -3.60. The minimum Gasteiger partial charge on any atom is -0.496 e. The van der Waals surface area contributed by atoms with Gasteiger partial charge in [-0.1, -0.05) is 17.7 Å². The van der Waals surface area contributed by atoms with Gasteiger partial charge in [-0.3, -0.25) is 0 Å². The highest BCUT2D eigenvalue weighted by Gasteiger charge is 2.30. The Morgan fingerprint density at radius 1 is 0.882 bits per heavy atom. The zero-order valence-corrected chi connectivity index (χ0v) is 21.1. The van der Waals surface area contributed by atoms with Crippen LogP contribution in [-0.4, -0.2) is 56.0 Å². The number of hydrogen-bond donors (Lipinski definition) is 1. The fourth-order valence-electron chi connectivity index (χ4n) is 4.12. The van der Waals surface area contributed by atoms with E-state index in [-0.39, 0.29) is 0 Å². The largest absolute Gasteiger partial charge is 0.496 e. The molecule has 0 unspecified atom stereocenters. The number of aromatic nitrogens is 2. The molecule has 9 heteroatoms. The van der Waals surface area contributed by atoms with Crippen molar-refractivity contribution < 1.29 is 13.2 Å². The van der Waals surface area contributed by atoms with Gasteiger partial charge < -0.3 is 15.0 Å². The Morgan fingerprint density at radius 2 is 1.56 bits per heavy atom. The van der Waals surface area contributed by atoms with Gasteiger partial charge in [0.25, 0.3) is 0 Å². The third-order valence-electron chi connectivity index (χ3n) is 6.02. The van der Waals surface area contributed by atoms with Crippen LogP contribution in [0.25, 0.3) is 0 Å². The molecule has 0 atom stereocenters. The minimum absolute atomic E-state index is 0.335. The summed E-state index contributed by atoms with van der Waals surface area (Å²) in [5.41, 5.74) is 3.63. The predicted molar refractivity (Wildman–Crippen MR) is 135 cm³/mol. The predicted octanol–water partition coefficient (Wildman–Crippen LogP) is 3.97. The summed E-state index contributed by atoms with van der Waals surface area (Å²) in [6.45, 7) is 9.44. The molecule has 1 aliphatic heterocycles. The van der Waals surface area contributed by atoms with Gasteiger partial charge in [-0.2, -0.15) is 4.31 Å². The number of benzene rings is 2. The number of methoxy groups -OCH3 is 1. The molecule has 0 radical (unpaired) electrons. The Balaban J connectivity index is 1.49. The van der Waals surface area contributed by atoms with Gasteiger partial charge in [0.2, 0.25) is 10.0 Å². The smallest absolute Gasteiger partial charge is 0.243 e. The van der Waals surface area contributed by atoms with Crippen LogP contribution in [0.5, 0.6) is 5.75 Å². The standard InChI is InChI=1S/C25H31N5O3S/c1-17-6-8-21(9-7-17)28-24-16-25(27-20(4)26-24)29-10-12-30(13-11-29)34(31,32)23-15-18(2)22(33-5)14-19(23)3/h6-9,14-16H,10-13H2,1-5H3,(H,26,27,28). The van der Waals surface area contributed by atoms with E-state index in [0.29, 0.717) is 54.0 Å². The fourth-order valence-corrected chi connectivity index (χ4v) is 5.83. The van der Waals surface area contributed by atoms with Gasteiger partial charge in [-0.15, -0.1) is 0 Å². The van der Waals surface area contributed by atoms with Crippen molar-refractivity contribution in [2.75, 3.05) is 43.5 Å². The normalized spacial score (nSPS) is 14.8. The van der Waals surface area contributed by atoms with Gasteiger partial charge in [0, 0.05) is 37.9 Å². The lowest BCUT2D eigenvalue weighted by molar-refractivity contribution is 0.383. The average Bonchev–Trinajstić information content (AvgIpc) is 2.81. The molecule has 0 amide bonds. The van der Waals surface area contributed by atoms with E-state index in [0.717, 1.165) is 17.1 Å². The molecule has 2 heterocycles. The van der Waals surface area contributed by atoms with Crippen LogP contribution in [0, 0.1) is 27.7 Å². The summed E-state index contributed by atoms with van der Waals surface area (Å²) >= 11 is 0. The van der Waals surface area contributed by atoms with Crippen molar-refractivity contribution in [3.05, 3.63) is 65.0 Å². The van der Waals surface area contributed by atoms with Crippen LogP contribution in [0.15, 0.2) is 47.4 Å². The van der Waals surface area contributed by atoms with E-state index in [1.165, 1.54) is 5.56 Å². The van der Waals surface area contributed by atoms with Gasteiger partial charge in [-0.25, -0.2) is 18.4 Å². The number of nitrogens with zero attached hydrogens (tertiary/aromatic N) is 4. The monoisotopic (exact) mass is 481 g/mol. The van der Waals surface area contributed by atoms with Crippen molar-refractivity contribution in [1.29, 1.82) is 0 Å². The van der Waals surface area contributed by atoms with Crippen LogP contribution in [0.3, 0.4) is 0 Å². The molecule has 1 N–H and O–H groups in total. The van der Waals surface area contributed by atoms with Gasteiger partial charge in [0.1, 0.15) is 23.2 Å². The molecular formula is C25H31N5O3S. The second kappa shape index (κ2) is 9.60. The van der Waals surface area contributed by atoms with E-state index in [2.05, 4.69) is 20.2 Å². The second-order valence-corrected chi connectivity index (χ2v) is 10.5. The van der Waals surface area contributed by atoms with Gasteiger partial charge in [0.05, 0.1) is 12.0 Å². The Hall–Kier alpha value is -3.17. The summed E-state index contributed by atoms with van der Waals surface area (Å²) in [5.74, 6) is 2.85. The molecule has 180 valence electrons. The number of piperazine rings is 1. The van der Waals surface area contributed by atoms with Crippen molar-refractivity contribution in [1.82, 2.24) is 14.3 Å². The van der Waals surface area contributed by atoms with E-state index < -0.39 is 10.0 Å². The fraction of sp³-hybridized carbons (Fsp3) is 0.360. The van der Waals surface area contributed by atoms with E-state index in [1.807, 2.05) is 51.1 Å². The van der Waals surface area contributed by atoms with Crippen LogP contribution < -0.4 is 15.0 Å². The summed E-state index contributed by atoms with van der Waals surface area (Å²) in [5, 5.41) is 3.33. The molecule has 4 rings (SSSR count). The van der Waals surface area contributed by atoms with Crippen molar-refractivity contribution in [2.45, 2.75) is 32.6 Å². The molecular weight excluding hydrogens is 450 g/mol. The third kappa shape index (κ3) is 5.00. The van der Waals surface area contributed by atoms with Crippen LogP contribution in [0.1, 0.15) is 22.5 Å². The maximum Gasteiger partial charge on any atom is 0.243 e. The van der Waals surface area contributed by atoms with Crippen LogP contribution in [0.4, 0.5) is 17.3 Å². The van der Waals surface area contributed by atoms with Gasteiger partial charge in [-0.05, 0) is 63.1 Å². The Kier molecular flexibility index (Phi) is 6.77. The number of sulfonamides is 1. The van der Waals surface area contributed by atoms with Crippen molar-refractivity contribution in [3.63, 3.8) is 0 Å². The number of aryl methyl sites for hydroxylation is 4. The van der Waals surface area contributed by atoms with Crippen LogP contribution >= 0.6 is 0 Å². The van der Waals surface area contributed by atoms with E-state index >= 15 is 0 Å². The first-order chi connectivity index (χ1) is 16.2. The van der Waals surface area contributed by atoms with Gasteiger partial charge in [0.15, 0.2) is 0 Å². The zero-order chi connectivity index (χ0) is 24.5. The van der Waals surface area contributed by atoms with Crippen molar-refractivity contribution in [3.8, 4) is 5.75 Å². The van der Waals surface area contributed by atoms with Gasteiger partial charge >= 0.3 is 0 Å². The molecule has 0 saturated carbocycles. The lowest BCUT2D eigenvalue weighted by Gasteiger charge is -2.35. The van der Waals surface area contributed by atoms with Crippen LogP contribution in [0.2, 0.25) is 0 Å². The summed E-state index contributed by atoms with van der Waals surface area (Å²) in [4.78, 5) is 11.5. The quantitative estimate of drug-likeness (QED) is 0.570. The first-order valence-corrected chi connectivity index (χ1v) is 12.7. The van der Waals surface area contributed by atoms with E-state index in [9.17, 15) is 8.42 Å². The maximum absolute atomic E-state index is 13.4. The molecule has 1 aromatic heterocycles. The molecule has 1 aliphatic rings. The molecule has 2 aromatic carbocycles. The highest BCUT2D eigenvalue weighted by Crippen LogP contribution is 2.29. The molecule has 0 aliphatic carbocycles. The second-order valence-electron chi connectivity index (χ2n) is 8.63. The topological polar surface area (TPSA) is 87.7 Å². The lowest BCUT2D eigenvalue weighted by Crippen LogP contribution is -2.49. The molecule has 34 heavy (non-hydrogen) atoms. The maximum atomic E-state index is 13.4. The first kappa shape index (κ1) is 24.0. The SMILES string of the molecule is COc1cc(C)c(S(=O)(=O)N2CCN(c3cc(Nc4ccc(C)cc4)nc(C)n3)CC2)cc1C. The molecule has 1 fully saturated rings. The van der Waals surface area contributed by atoms with Crippen molar-refractivity contribution >= 4 is 27.3 Å². The molecule has 0 bridgehead atoms. The first-order valence-electron chi connectivity index (χ1n) is 11.3. The Bertz CT molecular complexity index is 1280. The lowest BCUT2D eigenvalue weighted by atomic mass is 10.1. The number of ether oxygens (including phenoxy) is 1. The summed E-state index contributed by atoms with van der Waals surface area (Å²) in [6.07, 6.45) is 0. The number of nitrogens with one attached hydrogen (secondary N) is 1. The summed E-state index contributed by atoms with van der Waals surface area (Å²) in [7, 11) is -2.01. The molecule has 3 aromatic rings. The number of hydrogen-bond acceptors (Lipinski definition) is 7. The van der Waals surface area contributed by atoms with E-state index in [4.69, 9.17) is 4.74 Å². The van der Waals surface area contributed by atoms with Crippen molar-refractivity contribution in [2.24, 2.45) is 0 Å². The number of anilines is 3. The molecule has 0 spiro atoms.